The van der Waals surface area contributed by atoms with Crippen molar-refractivity contribution in [2.45, 2.75) is 81.9 Å². The van der Waals surface area contributed by atoms with Crippen LogP contribution < -0.4 is 10.6 Å². The topological polar surface area (TPSA) is 66.0 Å². The zero-order valence-corrected chi connectivity index (χ0v) is 18.6. The summed E-state index contributed by atoms with van der Waals surface area (Å²) in [6.07, 6.45) is 12.0. The van der Waals surface area contributed by atoms with E-state index in [1.54, 1.807) is 19.0 Å². The van der Waals surface area contributed by atoms with E-state index in [-0.39, 0.29) is 42.0 Å². The molecule has 1 amide bonds. The van der Waals surface area contributed by atoms with Crippen molar-refractivity contribution in [1.29, 1.82) is 0 Å². The molecule has 0 aromatic rings. The lowest BCUT2D eigenvalue weighted by Crippen LogP contribution is -2.55. The molecule has 2 saturated carbocycles. The fraction of sp³-hybridized carbons (Fsp3) is 0.895. The van der Waals surface area contributed by atoms with Crippen molar-refractivity contribution in [3.8, 4) is 0 Å². The van der Waals surface area contributed by atoms with Crippen LogP contribution in [0.4, 0.5) is 0 Å². The molecule has 3 aliphatic rings. The summed E-state index contributed by atoms with van der Waals surface area (Å²) < 4.78 is 6.03. The minimum atomic E-state index is 0. The number of ether oxygens (including phenoxy) is 1. The molecule has 6 nitrogen and oxygen atoms in total. The highest BCUT2D eigenvalue weighted by molar-refractivity contribution is 14.0. The summed E-state index contributed by atoms with van der Waals surface area (Å²) in [4.78, 5) is 18.1. The Bertz CT molecular complexity index is 488. The van der Waals surface area contributed by atoms with Crippen molar-refractivity contribution in [3.05, 3.63) is 0 Å². The van der Waals surface area contributed by atoms with Crippen molar-refractivity contribution in [1.82, 2.24) is 15.5 Å². The smallest absolute Gasteiger partial charge is 0.243 e. The van der Waals surface area contributed by atoms with Crippen LogP contribution in [-0.4, -0.2) is 61.7 Å². The Morgan fingerprint density at radius 1 is 1.08 bits per heavy atom. The number of rotatable bonds is 4. The predicted molar refractivity (Wildman–Crippen MR) is 115 cm³/mol. The van der Waals surface area contributed by atoms with Gasteiger partial charge in [0.1, 0.15) is 6.54 Å². The van der Waals surface area contributed by atoms with Crippen LogP contribution in [0.2, 0.25) is 0 Å². The van der Waals surface area contributed by atoms with Crippen molar-refractivity contribution in [3.63, 3.8) is 0 Å². The number of carbonyl (C=O) groups excluding carboxylic acids is 1. The zero-order chi connectivity index (χ0) is 17.7. The van der Waals surface area contributed by atoms with E-state index in [0.29, 0.717) is 12.1 Å². The van der Waals surface area contributed by atoms with Gasteiger partial charge < -0.3 is 20.3 Å². The fourth-order valence-corrected chi connectivity index (χ4v) is 4.13. The van der Waals surface area contributed by atoms with Gasteiger partial charge in [-0.15, -0.1) is 24.0 Å². The second-order valence-corrected chi connectivity index (χ2v) is 8.15. The Labute approximate surface area is 174 Å². The molecule has 150 valence electrons. The van der Waals surface area contributed by atoms with Gasteiger partial charge in [-0.05, 0) is 44.9 Å². The van der Waals surface area contributed by atoms with Crippen molar-refractivity contribution < 1.29 is 9.53 Å². The Morgan fingerprint density at radius 2 is 1.77 bits per heavy atom. The van der Waals surface area contributed by atoms with E-state index < -0.39 is 0 Å². The number of likely N-dealkylation sites (N-methyl/N-ethyl adjacent to an activating group) is 1. The van der Waals surface area contributed by atoms with Gasteiger partial charge in [-0.1, -0.05) is 19.3 Å². The summed E-state index contributed by atoms with van der Waals surface area (Å²) in [5.74, 6) is 0.843. The first-order chi connectivity index (χ1) is 12.1. The highest BCUT2D eigenvalue weighted by Gasteiger charge is 2.42. The number of hydrogen-bond acceptors (Lipinski definition) is 3. The Balaban J connectivity index is 0.00000243. The summed E-state index contributed by atoms with van der Waals surface area (Å²) in [6.45, 7) is 1.02. The van der Waals surface area contributed by atoms with E-state index in [9.17, 15) is 4.79 Å². The van der Waals surface area contributed by atoms with Crippen LogP contribution in [0.15, 0.2) is 4.99 Å². The van der Waals surface area contributed by atoms with E-state index in [4.69, 9.17) is 4.74 Å². The average Bonchev–Trinajstić information content (AvgIpc) is 2.59. The van der Waals surface area contributed by atoms with Crippen LogP contribution in [0.3, 0.4) is 0 Å². The Kier molecular flexibility index (Phi) is 8.44. The van der Waals surface area contributed by atoms with Crippen LogP contribution in [0.25, 0.3) is 0 Å². The summed E-state index contributed by atoms with van der Waals surface area (Å²) in [5, 5.41) is 7.20. The quantitative estimate of drug-likeness (QED) is 0.371. The third-order valence-corrected chi connectivity index (χ3v) is 5.92. The second kappa shape index (κ2) is 10.1. The molecule has 1 unspecified atom stereocenters. The maximum atomic E-state index is 11.9. The number of aliphatic imine (C=N–C) groups is 1. The molecule has 2 aliphatic carbocycles. The third kappa shape index (κ3) is 5.97. The first-order valence-corrected chi connectivity index (χ1v) is 9.98. The molecule has 3 fully saturated rings. The molecule has 1 saturated heterocycles. The van der Waals surface area contributed by atoms with Crippen LogP contribution in [0.1, 0.15) is 64.2 Å². The van der Waals surface area contributed by atoms with Gasteiger partial charge in [0.25, 0.3) is 0 Å². The molecule has 0 aromatic heterocycles. The zero-order valence-electron chi connectivity index (χ0n) is 16.3. The van der Waals surface area contributed by atoms with Crippen LogP contribution in [-0.2, 0) is 9.53 Å². The number of amides is 1. The second-order valence-electron chi connectivity index (χ2n) is 8.15. The maximum Gasteiger partial charge on any atom is 0.243 e. The standard InChI is InChI=1S/C19H34N4O2.HI/c1-23(2)17(24)14-20-18(21-15-7-4-3-5-8-15)22-16-9-12-25-19(13-16)10-6-11-19;/h15-16H,3-14H2,1-2H3,(H2,20,21,22);1H. The normalized spacial score (nSPS) is 25.8. The number of guanidine groups is 1. The Hall–Kier alpha value is -0.570. The number of halogens is 1. The number of hydrogen-bond donors (Lipinski definition) is 2. The predicted octanol–water partition coefficient (Wildman–Crippen LogP) is 2.66. The summed E-state index contributed by atoms with van der Waals surface area (Å²) >= 11 is 0. The number of nitrogens with zero attached hydrogens (tertiary/aromatic N) is 2. The lowest BCUT2D eigenvalue weighted by Gasteiger charge is -2.47. The van der Waals surface area contributed by atoms with Gasteiger partial charge in [0.2, 0.25) is 5.91 Å². The molecule has 1 spiro atoms. The van der Waals surface area contributed by atoms with E-state index in [2.05, 4.69) is 15.6 Å². The average molecular weight is 478 g/mol. The van der Waals surface area contributed by atoms with Crippen LogP contribution in [0, 0.1) is 0 Å². The molecule has 0 radical (unpaired) electrons. The Morgan fingerprint density at radius 3 is 2.38 bits per heavy atom. The van der Waals surface area contributed by atoms with Gasteiger partial charge in [0.05, 0.1) is 5.60 Å². The molecular weight excluding hydrogens is 443 g/mol. The molecule has 26 heavy (non-hydrogen) atoms. The van der Waals surface area contributed by atoms with Gasteiger partial charge in [-0.3, -0.25) is 4.79 Å². The SMILES string of the molecule is CN(C)C(=O)CN=C(NC1CCCCC1)NC1CCOC2(CCC2)C1.I. The minimum absolute atomic E-state index is 0. The molecule has 7 heteroatoms. The van der Waals surface area contributed by atoms with E-state index in [1.807, 2.05) is 0 Å². The summed E-state index contributed by atoms with van der Waals surface area (Å²) in [6, 6.07) is 0.866. The van der Waals surface area contributed by atoms with Gasteiger partial charge >= 0.3 is 0 Å². The van der Waals surface area contributed by atoms with E-state index >= 15 is 0 Å². The number of nitrogens with one attached hydrogen (secondary N) is 2. The first-order valence-electron chi connectivity index (χ1n) is 9.98. The number of carbonyl (C=O) groups is 1. The first kappa shape index (κ1) is 21.7. The molecule has 0 bridgehead atoms. The highest BCUT2D eigenvalue weighted by atomic mass is 127. The van der Waals surface area contributed by atoms with Crippen LogP contribution >= 0.6 is 24.0 Å². The van der Waals surface area contributed by atoms with Crippen LogP contribution in [0.5, 0.6) is 0 Å². The van der Waals surface area contributed by atoms with Gasteiger partial charge in [-0.2, -0.15) is 0 Å². The largest absolute Gasteiger partial charge is 0.375 e. The molecule has 2 N–H and O–H groups in total. The lowest BCUT2D eigenvalue weighted by molar-refractivity contribution is -0.134. The van der Waals surface area contributed by atoms with Crippen molar-refractivity contribution >= 4 is 35.8 Å². The van der Waals surface area contributed by atoms with Crippen molar-refractivity contribution in [2.75, 3.05) is 27.2 Å². The molecule has 0 aromatic carbocycles. The van der Waals surface area contributed by atoms with Gasteiger partial charge in [0, 0.05) is 32.8 Å². The van der Waals surface area contributed by atoms with E-state index in [1.165, 1.54) is 51.4 Å². The summed E-state index contributed by atoms with van der Waals surface area (Å²) in [5.41, 5.74) is 0.116. The third-order valence-electron chi connectivity index (χ3n) is 5.92. The molecule has 1 aliphatic heterocycles. The highest BCUT2D eigenvalue weighted by Crippen LogP contribution is 2.42. The van der Waals surface area contributed by atoms with E-state index in [0.717, 1.165) is 25.4 Å². The molecule has 3 rings (SSSR count). The molecule has 1 atom stereocenters. The lowest BCUT2D eigenvalue weighted by atomic mass is 9.74. The van der Waals surface area contributed by atoms with Gasteiger partial charge in [0.15, 0.2) is 5.96 Å². The summed E-state index contributed by atoms with van der Waals surface area (Å²) in [7, 11) is 3.55. The molecular formula is C19H35IN4O2. The minimum Gasteiger partial charge on any atom is -0.375 e. The monoisotopic (exact) mass is 478 g/mol. The van der Waals surface area contributed by atoms with Gasteiger partial charge in [-0.25, -0.2) is 4.99 Å². The fourth-order valence-electron chi connectivity index (χ4n) is 4.13. The van der Waals surface area contributed by atoms with Crippen molar-refractivity contribution in [2.24, 2.45) is 4.99 Å². The molecule has 1 heterocycles. The maximum absolute atomic E-state index is 11.9.